The summed E-state index contributed by atoms with van der Waals surface area (Å²) in [5.74, 6) is -5.62. The summed E-state index contributed by atoms with van der Waals surface area (Å²) in [7, 11) is 2.54. The number of esters is 1. The second-order valence-corrected chi connectivity index (χ2v) is 4.54. The molecule has 0 fully saturated rings. The Labute approximate surface area is 143 Å². The fourth-order valence-electron chi connectivity index (χ4n) is 1.42. The summed E-state index contributed by atoms with van der Waals surface area (Å²) in [6, 6.07) is -0.906. The van der Waals surface area contributed by atoms with Crippen LogP contribution < -0.4 is 5.73 Å². The number of hydrogen-bond acceptors (Lipinski definition) is 9. The van der Waals surface area contributed by atoms with Gasteiger partial charge < -0.3 is 40.4 Å². The van der Waals surface area contributed by atoms with Crippen molar-refractivity contribution >= 4 is 17.9 Å². The molecule has 0 spiro atoms. The smallest absolute Gasteiger partial charge is 0.335 e. The lowest BCUT2D eigenvalue weighted by atomic mass is 10.1. The first-order valence-corrected chi connectivity index (χ1v) is 6.92. The molecular formula is C13H24FNO10. The first kappa shape index (κ1) is 25.4. The summed E-state index contributed by atoms with van der Waals surface area (Å²) in [6.45, 7) is 1.01. The average molecular weight is 373 g/mol. The van der Waals surface area contributed by atoms with Crippen molar-refractivity contribution in [2.75, 3.05) is 27.5 Å². The normalized spacial score (nSPS) is 14.5. The van der Waals surface area contributed by atoms with Crippen LogP contribution in [0, 0.1) is 0 Å². The molecule has 12 heteroatoms. The molecule has 0 saturated carbocycles. The minimum Gasteiger partial charge on any atom is -0.479 e. The van der Waals surface area contributed by atoms with Gasteiger partial charge in [0.1, 0.15) is 6.67 Å². The van der Waals surface area contributed by atoms with E-state index >= 15 is 0 Å². The molecule has 6 N–H and O–H groups in total. The van der Waals surface area contributed by atoms with Crippen molar-refractivity contribution in [3.63, 3.8) is 0 Å². The van der Waals surface area contributed by atoms with E-state index in [1.54, 1.807) is 6.92 Å². The van der Waals surface area contributed by atoms with Crippen molar-refractivity contribution in [2.45, 2.75) is 37.4 Å². The van der Waals surface area contributed by atoms with E-state index in [1.807, 2.05) is 0 Å². The molecule has 11 nitrogen and oxygen atoms in total. The van der Waals surface area contributed by atoms with Crippen LogP contribution in [0.5, 0.6) is 0 Å². The first-order chi connectivity index (χ1) is 11.5. The van der Waals surface area contributed by atoms with E-state index in [4.69, 9.17) is 35.6 Å². The third-order valence-corrected chi connectivity index (χ3v) is 2.94. The zero-order valence-corrected chi connectivity index (χ0v) is 14.0. The third-order valence-electron chi connectivity index (χ3n) is 2.94. The molecule has 3 atom stereocenters. The zero-order valence-electron chi connectivity index (χ0n) is 14.0. The van der Waals surface area contributed by atoms with Gasteiger partial charge in [-0.3, -0.25) is 4.79 Å². The number of carbonyl (C=O) groups is 3. The third kappa shape index (κ3) is 8.69. The van der Waals surface area contributed by atoms with Crippen molar-refractivity contribution in [3.05, 3.63) is 0 Å². The molecule has 0 aromatic carbocycles. The van der Waals surface area contributed by atoms with Crippen LogP contribution in [0.3, 0.4) is 0 Å². The molecule has 3 unspecified atom stereocenters. The molecule has 0 bridgehead atoms. The van der Waals surface area contributed by atoms with Crippen LogP contribution >= 0.6 is 0 Å². The monoisotopic (exact) mass is 373 g/mol. The second kappa shape index (κ2) is 12.5. The number of carboxylic acids is 2. The molecule has 25 heavy (non-hydrogen) atoms. The molecule has 0 amide bonds. The average Bonchev–Trinajstić information content (AvgIpc) is 2.56. The fourth-order valence-corrected chi connectivity index (χ4v) is 1.42. The van der Waals surface area contributed by atoms with Gasteiger partial charge in [0, 0.05) is 14.2 Å². The predicted molar refractivity (Wildman–Crippen MR) is 79.2 cm³/mol. The predicted octanol–water partition coefficient (Wildman–Crippen LogP) is -1.90. The van der Waals surface area contributed by atoms with Crippen molar-refractivity contribution < 1.29 is 53.4 Å². The molecule has 0 aliphatic heterocycles. The Balaban J connectivity index is 0. The number of aliphatic carboxylic acids is 2. The van der Waals surface area contributed by atoms with Gasteiger partial charge in [-0.1, -0.05) is 0 Å². The minimum atomic E-state index is -2.27. The Morgan fingerprint density at radius 2 is 1.48 bits per heavy atom. The highest BCUT2D eigenvalue weighted by Crippen LogP contribution is 2.18. The molecule has 0 radical (unpaired) electrons. The van der Waals surface area contributed by atoms with Crippen LogP contribution in [0.2, 0.25) is 0 Å². The van der Waals surface area contributed by atoms with Crippen LogP contribution in [0.25, 0.3) is 0 Å². The van der Waals surface area contributed by atoms with E-state index in [0.29, 0.717) is 0 Å². The lowest BCUT2D eigenvalue weighted by molar-refractivity contribution is -0.229. The molecule has 148 valence electrons. The number of alkyl halides is 1. The van der Waals surface area contributed by atoms with Gasteiger partial charge in [0.05, 0.1) is 19.1 Å². The van der Waals surface area contributed by atoms with E-state index < -0.39 is 48.6 Å². The van der Waals surface area contributed by atoms with E-state index in [0.717, 1.165) is 0 Å². The van der Waals surface area contributed by atoms with Crippen LogP contribution in [-0.4, -0.2) is 89.9 Å². The van der Waals surface area contributed by atoms with Crippen molar-refractivity contribution in [3.8, 4) is 0 Å². The summed E-state index contributed by atoms with van der Waals surface area (Å²) < 4.78 is 27.1. The molecule has 0 aromatic heterocycles. The number of ether oxygens (including phenoxy) is 3. The van der Waals surface area contributed by atoms with Crippen LogP contribution in [0.4, 0.5) is 4.39 Å². The lowest BCUT2D eigenvalue weighted by Crippen LogP contribution is -2.53. The van der Waals surface area contributed by atoms with Gasteiger partial charge in [0.2, 0.25) is 5.79 Å². The molecule has 0 rings (SSSR count). The molecular weight excluding hydrogens is 349 g/mol. The molecule has 0 saturated heterocycles. The van der Waals surface area contributed by atoms with E-state index in [2.05, 4.69) is 4.74 Å². The molecule has 0 aliphatic rings. The van der Waals surface area contributed by atoms with Crippen LogP contribution in [-0.2, 0) is 28.6 Å². The summed E-state index contributed by atoms with van der Waals surface area (Å²) in [4.78, 5) is 30.7. The number of carbonyl (C=O) groups excluding carboxylic acids is 1. The summed E-state index contributed by atoms with van der Waals surface area (Å²) in [5, 5.41) is 32.5. The standard InChI is InChI=1S/C9H18FNO4.C4H6O6/c1-4-15-8(12)5-7(11)9(6-10,13-2)14-3;5-1(3(7)8)2(6)4(9)10/h7H,4-6,11H2,1-3H3;1-2,5-6H,(H,7,8)(H,9,10). The zero-order chi connectivity index (χ0) is 20.2. The van der Waals surface area contributed by atoms with E-state index in [-0.39, 0.29) is 13.0 Å². The Bertz CT molecular complexity index is 403. The van der Waals surface area contributed by atoms with Gasteiger partial charge in [-0.25, -0.2) is 14.0 Å². The van der Waals surface area contributed by atoms with E-state index in [1.165, 1.54) is 14.2 Å². The fraction of sp³-hybridized carbons (Fsp3) is 0.769. The number of carboxylic acid groups (broad SMARTS) is 2. The largest absolute Gasteiger partial charge is 0.479 e. The van der Waals surface area contributed by atoms with Gasteiger partial charge in [-0.15, -0.1) is 0 Å². The minimum absolute atomic E-state index is 0.153. The van der Waals surface area contributed by atoms with Crippen LogP contribution in [0.1, 0.15) is 13.3 Å². The number of halogens is 1. The van der Waals surface area contributed by atoms with Crippen molar-refractivity contribution in [2.24, 2.45) is 5.73 Å². The highest BCUT2D eigenvalue weighted by molar-refractivity contribution is 5.83. The molecule has 0 aromatic rings. The van der Waals surface area contributed by atoms with Crippen molar-refractivity contribution in [1.82, 2.24) is 0 Å². The Kier molecular flexibility index (Phi) is 12.7. The van der Waals surface area contributed by atoms with Gasteiger partial charge >= 0.3 is 17.9 Å². The lowest BCUT2D eigenvalue weighted by Gasteiger charge is -2.32. The molecule has 0 heterocycles. The topological polar surface area (TPSA) is 186 Å². The maximum absolute atomic E-state index is 12.7. The van der Waals surface area contributed by atoms with Gasteiger partial charge in [-0.2, -0.15) is 0 Å². The Hall–Kier alpha value is -1.86. The summed E-state index contributed by atoms with van der Waals surface area (Å²) >= 11 is 0. The van der Waals surface area contributed by atoms with Gasteiger partial charge in [0.15, 0.2) is 12.2 Å². The molecule has 0 aliphatic carbocycles. The maximum Gasteiger partial charge on any atom is 0.335 e. The Morgan fingerprint density at radius 1 is 1.08 bits per heavy atom. The maximum atomic E-state index is 12.7. The van der Waals surface area contributed by atoms with Crippen LogP contribution in [0.15, 0.2) is 0 Å². The number of nitrogens with two attached hydrogens (primary N) is 1. The highest BCUT2D eigenvalue weighted by atomic mass is 19.1. The van der Waals surface area contributed by atoms with Gasteiger partial charge in [0.25, 0.3) is 0 Å². The number of aliphatic hydroxyl groups is 2. The number of aliphatic hydroxyl groups excluding tert-OH is 2. The number of hydrogen-bond donors (Lipinski definition) is 5. The summed E-state index contributed by atoms with van der Waals surface area (Å²) in [6.07, 6.45) is -4.69. The van der Waals surface area contributed by atoms with Crippen molar-refractivity contribution in [1.29, 1.82) is 0 Å². The second-order valence-electron chi connectivity index (χ2n) is 4.54. The summed E-state index contributed by atoms with van der Waals surface area (Å²) in [5.41, 5.74) is 5.62. The highest BCUT2D eigenvalue weighted by Gasteiger charge is 2.39. The number of methoxy groups -OCH3 is 2. The van der Waals surface area contributed by atoms with Gasteiger partial charge in [-0.05, 0) is 6.92 Å². The van der Waals surface area contributed by atoms with E-state index in [9.17, 15) is 18.8 Å². The number of rotatable bonds is 10. The first-order valence-electron chi connectivity index (χ1n) is 6.92. The Morgan fingerprint density at radius 3 is 1.72 bits per heavy atom. The SMILES string of the molecule is CCOC(=O)CC(N)C(CF)(OC)OC.O=C(O)C(O)C(O)C(=O)O. The quantitative estimate of drug-likeness (QED) is 0.213.